The maximum atomic E-state index is 12.3. The summed E-state index contributed by atoms with van der Waals surface area (Å²) in [6, 6.07) is 0. The van der Waals surface area contributed by atoms with Crippen molar-refractivity contribution in [1.29, 1.82) is 0 Å². The Balaban J connectivity index is 2.73. The van der Waals surface area contributed by atoms with Crippen LogP contribution in [-0.4, -0.2) is 121 Å². The summed E-state index contributed by atoms with van der Waals surface area (Å²) >= 11 is 0.829. The van der Waals surface area contributed by atoms with Gasteiger partial charge in [0, 0.05) is 55.4 Å². The maximum absolute atomic E-state index is 12.3. The van der Waals surface area contributed by atoms with E-state index < -0.39 is 121 Å². The van der Waals surface area contributed by atoms with Crippen LogP contribution in [0, 0.1) is 0 Å². The zero-order valence-corrected chi connectivity index (χ0v) is 27.8. The molecule has 2 saturated heterocycles. The van der Waals surface area contributed by atoms with E-state index in [0.29, 0.717) is 0 Å². The summed E-state index contributed by atoms with van der Waals surface area (Å²) in [6.07, 6.45) is -12.5. The third kappa shape index (κ3) is 12.3. The van der Waals surface area contributed by atoms with Gasteiger partial charge in [0.2, 0.25) is 0 Å². The number of esters is 8. The molecule has 19 heteroatoms. The van der Waals surface area contributed by atoms with Crippen LogP contribution in [0.2, 0.25) is 0 Å². The Kier molecular flexibility index (Phi) is 14.9. The van der Waals surface area contributed by atoms with E-state index in [9.17, 15) is 38.4 Å². The van der Waals surface area contributed by atoms with Gasteiger partial charge in [-0.25, -0.2) is 0 Å². The average molecular weight is 695 g/mol. The molecule has 0 amide bonds. The number of rotatable bonds is 12. The number of carbonyl (C=O) groups excluding carboxylic acids is 8. The van der Waals surface area contributed by atoms with Crippen molar-refractivity contribution in [2.45, 2.75) is 115 Å². The largest absolute Gasteiger partial charge is 0.465 e. The second-order valence-corrected chi connectivity index (χ2v) is 11.6. The Morgan fingerprint density at radius 1 is 0.468 bits per heavy atom. The highest BCUT2D eigenvalue weighted by Crippen LogP contribution is 2.41. The average Bonchev–Trinajstić information content (AvgIpc) is 2.91. The van der Waals surface area contributed by atoms with Crippen LogP contribution < -0.4 is 0 Å². The van der Waals surface area contributed by atoms with E-state index in [2.05, 4.69) is 0 Å². The Labute approximate surface area is 273 Å². The van der Waals surface area contributed by atoms with Crippen molar-refractivity contribution in [3.05, 3.63) is 0 Å². The third-order valence-corrected chi connectivity index (χ3v) is 7.55. The predicted molar refractivity (Wildman–Crippen MR) is 152 cm³/mol. The van der Waals surface area contributed by atoms with Gasteiger partial charge >= 0.3 is 47.8 Å². The number of hydrogen-bond acceptors (Lipinski definition) is 19. The molecule has 2 aliphatic rings. The van der Waals surface area contributed by atoms with Crippen molar-refractivity contribution in [3.8, 4) is 0 Å². The molecule has 18 nitrogen and oxygen atoms in total. The van der Waals surface area contributed by atoms with Gasteiger partial charge in [0.1, 0.15) is 25.4 Å². The third-order valence-electron chi connectivity index (χ3n) is 6.17. The number of hydrogen-bond donors (Lipinski definition) is 0. The quantitative estimate of drug-likeness (QED) is 0.192. The van der Waals surface area contributed by atoms with Gasteiger partial charge in [-0.3, -0.25) is 38.4 Å². The molecule has 47 heavy (non-hydrogen) atoms. The fourth-order valence-corrected chi connectivity index (χ4v) is 6.15. The maximum Gasteiger partial charge on any atom is 0.303 e. The summed E-state index contributed by atoms with van der Waals surface area (Å²) < 4.78 is 55.1. The molecule has 0 aromatic heterocycles. The van der Waals surface area contributed by atoms with Crippen molar-refractivity contribution in [3.63, 3.8) is 0 Å². The molecule has 2 heterocycles. The van der Waals surface area contributed by atoms with Gasteiger partial charge in [-0.05, 0) is 0 Å². The molecule has 0 bridgehead atoms. The van der Waals surface area contributed by atoms with Gasteiger partial charge < -0.3 is 47.4 Å². The molecule has 264 valence electrons. The van der Waals surface area contributed by atoms with Crippen LogP contribution in [0.25, 0.3) is 0 Å². The highest BCUT2D eigenvalue weighted by Gasteiger charge is 2.57. The van der Waals surface area contributed by atoms with Crippen molar-refractivity contribution in [1.82, 2.24) is 0 Å². The second-order valence-electron chi connectivity index (χ2n) is 10.3. The summed E-state index contributed by atoms with van der Waals surface area (Å²) in [5.74, 6) is -6.66. The van der Waals surface area contributed by atoms with Crippen molar-refractivity contribution >= 4 is 59.5 Å². The molecule has 2 rings (SSSR count). The molecule has 0 saturated carbocycles. The van der Waals surface area contributed by atoms with Gasteiger partial charge in [0.05, 0.1) is 5.25 Å². The van der Waals surface area contributed by atoms with Crippen LogP contribution in [-0.2, 0) is 85.7 Å². The lowest BCUT2D eigenvalue weighted by molar-refractivity contribution is -0.325. The number of thioether (sulfide) groups is 1. The van der Waals surface area contributed by atoms with E-state index in [1.807, 2.05) is 0 Å². The molecule has 0 N–H and O–H groups in total. The number of carbonyl (C=O) groups is 8. The summed E-state index contributed by atoms with van der Waals surface area (Å²) in [7, 11) is 0. The fourth-order valence-electron chi connectivity index (χ4n) is 4.73. The van der Waals surface area contributed by atoms with E-state index in [-0.39, 0.29) is 0 Å². The topological polar surface area (TPSA) is 229 Å². The first kappa shape index (κ1) is 39.2. The molecule has 0 spiro atoms. The van der Waals surface area contributed by atoms with Crippen molar-refractivity contribution < 1.29 is 85.7 Å². The molecule has 10 atom stereocenters. The number of ether oxygens (including phenoxy) is 10. The first-order valence-corrected chi connectivity index (χ1v) is 15.1. The van der Waals surface area contributed by atoms with Crippen LogP contribution in [0.3, 0.4) is 0 Å². The van der Waals surface area contributed by atoms with Crippen LogP contribution in [0.1, 0.15) is 55.4 Å². The van der Waals surface area contributed by atoms with Crippen molar-refractivity contribution in [2.75, 3.05) is 13.2 Å². The van der Waals surface area contributed by atoms with Gasteiger partial charge in [0.15, 0.2) is 42.2 Å². The predicted octanol–water partition coefficient (Wildman–Crippen LogP) is -0.114. The monoisotopic (exact) mass is 694 g/mol. The summed E-state index contributed by atoms with van der Waals surface area (Å²) in [6.45, 7) is 7.52. The minimum absolute atomic E-state index is 0.432. The van der Waals surface area contributed by atoms with Crippen LogP contribution in [0.5, 0.6) is 0 Å². The Bertz CT molecular complexity index is 1200. The molecule has 0 aromatic rings. The first-order valence-electron chi connectivity index (χ1n) is 14.2. The van der Waals surface area contributed by atoms with E-state index in [1.54, 1.807) is 0 Å². The van der Waals surface area contributed by atoms with E-state index in [0.717, 1.165) is 67.2 Å². The minimum Gasteiger partial charge on any atom is -0.465 e. The Morgan fingerprint density at radius 2 is 0.872 bits per heavy atom. The molecular weight excluding hydrogens is 656 g/mol. The van der Waals surface area contributed by atoms with Crippen LogP contribution in [0.15, 0.2) is 0 Å². The molecule has 0 aliphatic carbocycles. The van der Waals surface area contributed by atoms with E-state index in [1.165, 1.54) is 0 Å². The lowest BCUT2D eigenvalue weighted by atomic mass is 9.97. The standard InChI is InChI=1S/C28H38O18S/c1-11(29)37-9-19-21(39-13(3)31)23(40-14(4)32)25(42-16(6)34)27(45-19)46-22-20(10-38-12(2)30)47-28(44-18(8)36)26(43-17(7)35)24(22)41-15(5)33/h19-28H,9-10H2,1-8H3/t19-,20+,21+,22-,23+,24+,25-,26-,27+,28+/m1/s1. The molecule has 2 aliphatic heterocycles. The highest BCUT2D eigenvalue weighted by molar-refractivity contribution is 8.00. The smallest absolute Gasteiger partial charge is 0.303 e. The second kappa shape index (κ2) is 17.8. The van der Waals surface area contributed by atoms with Gasteiger partial charge in [-0.15, -0.1) is 11.8 Å². The van der Waals surface area contributed by atoms with E-state index in [4.69, 9.17) is 47.4 Å². The van der Waals surface area contributed by atoms with Crippen LogP contribution in [0.4, 0.5) is 0 Å². The first-order chi connectivity index (χ1) is 21.9. The zero-order valence-electron chi connectivity index (χ0n) is 26.9. The molecule has 0 unspecified atom stereocenters. The lowest BCUT2D eigenvalue weighted by Gasteiger charge is -2.48. The SMILES string of the molecule is CC(=O)OC[C@@H]1S[C@H](OC(C)=O)[C@H](OC(C)=O)[C@@H](OC(C)=O)[C@@H]1O[C@@H]1O[C@H](COC(C)=O)[C@H](OC(C)=O)[C@H](OC(C)=O)[C@H]1OC(C)=O. The van der Waals surface area contributed by atoms with Gasteiger partial charge in [-0.1, -0.05) is 0 Å². The lowest BCUT2D eigenvalue weighted by Crippen LogP contribution is -2.66. The van der Waals surface area contributed by atoms with Crippen molar-refractivity contribution in [2.24, 2.45) is 0 Å². The molecule has 0 radical (unpaired) electrons. The zero-order chi connectivity index (χ0) is 35.6. The Morgan fingerprint density at radius 3 is 1.34 bits per heavy atom. The summed E-state index contributed by atoms with van der Waals surface area (Å²) in [4.78, 5) is 96.5. The molecular formula is C28H38O18S. The molecule has 0 aromatic carbocycles. The van der Waals surface area contributed by atoms with Gasteiger partial charge in [0.25, 0.3) is 0 Å². The normalized spacial score (nSPS) is 30.0. The minimum atomic E-state index is -1.76. The summed E-state index contributed by atoms with van der Waals surface area (Å²) in [5, 5.41) is -1.05. The fraction of sp³-hybridized carbons (Fsp3) is 0.714. The van der Waals surface area contributed by atoms with E-state index >= 15 is 0 Å². The van der Waals surface area contributed by atoms with Crippen LogP contribution >= 0.6 is 11.8 Å². The molecule has 2 fully saturated rings. The highest BCUT2D eigenvalue weighted by atomic mass is 32.2. The Hall–Kier alpha value is -3.97. The van der Waals surface area contributed by atoms with Gasteiger partial charge in [-0.2, -0.15) is 0 Å². The summed E-state index contributed by atoms with van der Waals surface area (Å²) in [5.41, 5.74) is -1.29.